The Morgan fingerprint density at radius 3 is 2.27 bits per heavy atom. The van der Waals surface area contributed by atoms with Crippen molar-refractivity contribution in [2.45, 2.75) is 64.2 Å². The molecular formula is C14H23N. The van der Waals surface area contributed by atoms with Crippen LogP contribution in [0.1, 0.15) is 64.2 Å². The van der Waals surface area contributed by atoms with Crippen molar-refractivity contribution in [1.82, 2.24) is 0 Å². The maximum Gasteiger partial charge on any atom is 0.0255 e. The quantitative estimate of drug-likeness (QED) is 0.589. The van der Waals surface area contributed by atoms with Crippen molar-refractivity contribution in [1.29, 1.82) is 0 Å². The largest absolute Gasteiger partial charge is 0.269 e. The molecule has 0 aliphatic heterocycles. The highest BCUT2D eigenvalue weighted by Crippen LogP contribution is 2.24. The van der Waals surface area contributed by atoms with E-state index in [1.807, 2.05) is 0 Å². The molecule has 2 fully saturated rings. The Morgan fingerprint density at radius 1 is 0.867 bits per heavy atom. The first-order valence-corrected chi connectivity index (χ1v) is 6.66. The van der Waals surface area contributed by atoms with Crippen LogP contribution in [0.15, 0.2) is 16.8 Å². The maximum atomic E-state index is 4.53. The highest BCUT2D eigenvalue weighted by molar-refractivity contribution is 5.61. The second-order valence-corrected chi connectivity index (χ2v) is 5.04. The minimum Gasteiger partial charge on any atom is -0.269 e. The van der Waals surface area contributed by atoms with Crippen molar-refractivity contribution >= 4 is 6.21 Å². The molecule has 0 aromatic heterocycles. The van der Waals surface area contributed by atoms with Crippen molar-refractivity contribution < 1.29 is 0 Å². The van der Waals surface area contributed by atoms with Crippen molar-refractivity contribution in [3.05, 3.63) is 11.8 Å². The molecule has 0 N–H and O–H groups in total. The number of hydrogen-bond acceptors (Lipinski definition) is 1. The Hall–Kier alpha value is -0.590. The Morgan fingerprint density at radius 2 is 1.53 bits per heavy atom. The average molecular weight is 205 g/mol. The molecule has 0 aromatic rings. The van der Waals surface area contributed by atoms with Crippen LogP contribution in [0, 0.1) is 5.92 Å². The van der Waals surface area contributed by atoms with Gasteiger partial charge in [-0.1, -0.05) is 31.3 Å². The Bertz CT molecular complexity index is 226. The van der Waals surface area contributed by atoms with Gasteiger partial charge in [0.1, 0.15) is 0 Å². The zero-order valence-electron chi connectivity index (χ0n) is 9.75. The van der Waals surface area contributed by atoms with Crippen LogP contribution in [0.4, 0.5) is 0 Å². The molecule has 0 radical (unpaired) electrons. The molecule has 2 aliphatic carbocycles. The predicted octanol–water partition coefficient (Wildman–Crippen LogP) is 4.49. The monoisotopic (exact) mass is 205 g/mol. The SMILES string of the molecule is C(=NC=C1CCCCC1)C1CCCCC1. The normalized spacial score (nSPS) is 24.7. The van der Waals surface area contributed by atoms with Crippen LogP contribution in [0.25, 0.3) is 0 Å². The van der Waals surface area contributed by atoms with E-state index in [1.54, 1.807) is 5.57 Å². The molecule has 2 rings (SSSR count). The number of rotatable bonds is 2. The smallest absolute Gasteiger partial charge is 0.0255 e. The minimum atomic E-state index is 0.777. The van der Waals surface area contributed by atoms with Gasteiger partial charge in [0.15, 0.2) is 0 Å². The molecule has 2 saturated carbocycles. The summed E-state index contributed by atoms with van der Waals surface area (Å²) in [6.07, 6.45) is 18.1. The summed E-state index contributed by atoms with van der Waals surface area (Å²) in [6, 6.07) is 0. The molecule has 0 amide bonds. The summed E-state index contributed by atoms with van der Waals surface area (Å²) in [5.41, 5.74) is 1.58. The Kier molecular flexibility index (Phi) is 4.43. The highest BCUT2D eigenvalue weighted by Gasteiger charge is 2.10. The van der Waals surface area contributed by atoms with Crippen LogP contribution in [-0.4, -0.2) is 6.21 Å². The van der Waals surface area contributed by atoms with E-state index in [9.17, 15) is 0 Å². The predicted molar refractivity (Wildman–Crippen MR) is 66.2 cm³/mol. The molecule has 1 heteroatoms. The highest BCUT2D eigenvalue weighted by atomic mass is 14.7. The molecule has 0 saturated heterocycles. The summed E-state index contributed by atoms with van der Waals surface area (Å²) in [7, 11) is 0. The fourth-order valence-corrected chi connectivity index (χ4v) is 2.69. The third-order valence-electron chi connectivity index (χ3n) is 3.70. The molecule has 0 heterocycles. The van der Waals surface area contributed by atoms with Crippen LogP contribution in [0.5, 0.6) is 0 Å². The lowest BCUT2D eigenvalue weighted by Gasteiger charge is -2.17. The first-order valence-electron chi connectivity index (χ1n) is 6.66. The molecule has 1 nitrogen and oxygen atoms in total. The average Bonchev–Trinajstić information content (AvgIpc) is 2.32. The number of allylic oxidation sites excluding steroid dienone is 1. The van der Waals surface area contributed by atoms with E-state index in [4.69, 9.17) is 0 Å². The fraction of sp³-hybridized carbons (Fsp3) is 0.786. The van der Waals surface area contributed by atoms with E-state index in [-0.39, 0.29) is 0 Å². The molecule has 0 bridgehead atoms. The van der Waals surface area contributed by atoms with Gasteiger partial charge in [-0.25, -0.2) is 0 Å². The molecular weight excluding hydrogens is 182 g/mol. The summed E-state index contributed by atoms with van der Waals surface area (Å²) >= 11 is 0. The molecule has 0 spiro atoms. The number of aliphatic imine (C=N–C) groups is 1. The second kappa shape index (κ2) is 6.09. The topological polar surface area (TPSA) is 12.4 Å². The molecule has 0 aromatic carbocycles. The summed E-state index contributed by atoms with van der Waals surface area (Å²) in [4.78, 5) is 4.53. The summed E-state index contributed by atoms with van der Waals surface area (Å²) < 4.78 is 0. The fourth-order valence-electron chi connectivity index (χ4n) is 2.69. The lowest BCUT2D eigenvalue weighted by atomic mass is 9.90. The third-order valence-corrected chi connectivity index (χ3v) is 3.70. The standard InChI is InChI=1S/C14H23N/c1-3-7-13(8-4-1)11-15-12-14-9-5-2-6-10-14/h11-13H,1-10H2. The van der Waals surface area contributed by atoms with E-state index in [0.717, 1.165) is 5.92 Å². The van der Waals surface area contributed by atoms with Crippen LogP contribution in [0.3, 0.4) is 0 Å². The summed E-state index contributed by atoms with van der Waals surface area (Å²) in [5, 5.41) is 0. The van der Waals surface area contributed by atoms with E-state index in [0.29, 0.717) is 0 Å². The van der Waals surface area contributed by atoms with E-state index in [2.05, 4.69) is 17.4 Å². The van der Waals surface area contributed by atoms with Gasteiger partial charge in [0, 0.05) is 12.4 Å². The second-order valence-electron chi connectivity index (χ2n) is 5.04. The lowest BCUT2D eigenvalue weighted by molar-refractivity contribution is 0.445. The molecule has 15 heavy (non-hydrogen) atoms. The van der Waals surface area contributed by atoms with Crippen molar-refractivity contribution in [2.75, 3.05) is 0 Å². The summed E-state index contributed by atoms with van der Waals surface area (Å²) in [5.74, 6) is 0.777. The Labute approximate surface area is 93.7 Å². The zero-order chi connectivity index (χ0) is 10.3. The molecule has 84 valence electrons. The van der Waals surface area contributed by atoms with E-state index < -0.39 is 0 Å². The van der Waals surface area contributed by atoms with Gasteiger partial charge in [-0.15, -0.1) is 0 Å². The molecule has 2 aliphatic rings. The van der Waals surface area contributed by atoms with Gasteiger partial charge >= 0.3 is 0 Å². The van der Waals surface area contributed by atoms with Crippen molar-refractivity contribution in [3.63, 3.8) is 0 Å². The molecule has 0 unspecified atom stereocenters. The van der Waals surface area contributed by atoms with Crippen molar-refractivity contribution in [2.24, 2.45) is 10.9 Å². The van der Waals surface area contributed by atoms with Crippen LogP contribution >= 0.6 is 0 Å². The number of hydrogen-bond donors (Lipinski definition) is 0. The number of nitrogens with zero attached hydrogens (tertiary/aromatic N) is 1. The van der Waals surface area contributed by atoms with Gasteiger partial charge in [-0.2, -0.15) is 0 Å². The van der Waals surface area contributed by atoms with Crippen LogP contribution < -0.4 is 0 Å². The van der Waals surface area contributed by atoms with Crippen LogP contribution in [-0.2, 0) is 0 Å². The van der Waals surface area contributed by atoms with Gasteiger partial charge in [-0.3, -0.25) is 4.99 Å². The van der Waals surface area contributed by atoms with Crippen molar-refractivity contribution in [3.8, 4) is 0 Å². The third kappa shape index (κ3) is 3.81. The van der Waals surface area contributed by atoms with Gasteiger partial charge in [0.25, 0.3) is 0 Å². The lowest BCUT2D eigenvalue weighted by Crippen LogP contribution is -2.06. The van der Waals surface area contributed by atoms with Crippen LogP contribution in [0.2, 0.25) is 0 Å². The molecule has 0 atom stereocenters. The van der Waals surface area contributed by atoms with E-state index >= 15 is 0 Å². The first kappa shape index (κ1) is 10.9. The maximum absolute atomic E-state index is 4.53. The zero-order valence-corrected chi connectivity index (χ0v) is 9.75. The van der Waals surface area contributed by atoms with Gasteiger partial charge in [0.2, 0.25) is 0 Å². The minimum absolute atomic E-state index is 0.777. The Balaban J connectivity index is 1.77. The van der Waals surface area contributed by atoms with Gasteiger partial charge in [-0.05, 0) is 44.4 Å². The van der Waals surface area contributed by atoms with E-state index in [1.165, 1.54) is 64.2 Å². The van der Waals surface area contributed by atoms with Gasteiger partial charge < -0.3 is 0 Å². The summed E-state index contributed by atoms with van der Waals surface area (Å²) in [6.45, 7) is 0. The first-order chi connectivity index (χ1) is 7.45. The van der Waals surface area contributed by atoms with Gasteiger partial charge in [0.05, 0.1) is 0 Å².